The molecule has 35 heavy (non-hydrogen) atoms. The van der Waals surface area contributed by atoms with Gasteiger partial charge < -0.3 is 20.4 Å². The highest BCUT2D eigenvalue weighted by atomic mass is 32.2. The number of aliphatic hydroxyl groups is 4. The van der Waals surface area contributed by atoms with Crippen molar-refractivity contribution >= 4 is 20.2 Å². The third-order valence-corrected chi connectivity index (χ3v) is 9.59. The molecular weight excluding hydrogens is 504 g/mol. The minimum absolute atomic E-state index is 0.0894. The maximum atomic E-state index is 11.4. The Kier molecular flexibility index (Phi) is 7.62. The number of allylic oxidation sites excluding steroid dienone is 2. The lowest BCUT2D eigenvalue weighted by Gasteiger charge is -2.41. The molecule has 12 nitrogen and oxygen atoms in total. The first kappa shape index (κ1) is 27.8. The van der Waals surface area contributed by atoms with E-state index in [0.29, 0.717) is 12.2 Å². The van der Waals surface area contributed by atoms with Crippen LogP contribution in [0.4, 0.5) is 0 Å². The van der Waals surface area contributed by atoms with E-state index in [9.17, 15) is 46.4 Å². The Labute approximate surface area is 204 Å². The predicted octanol–water partition coefficient (Wildman–Crippen LogP) is 0.183. The minimum Gasteiger partial charge on any atom is -0.508 e. The van der Waals surface area contributed by atoms with Crippen LogP contribution in [0.3, 0.4) is 0 Å². The Morgan fingerprint density at radius 1 is 0.743 bits per heavy atom. The SMILES string of the molecule is C1CN2CCN1CC2.CC1C=C(CC2=CC(C)C(O)(S(=O)(=O)O)C=C2O)C(O)=CC1(O)S(=O)(=O)O. The highest BCUT2D eigenvalue weighted by Crippen LogP contribution is 2.40. The lowest BCUT2D eigenvalue weighted by molar-refractivity contribution is 0.0647. The number of fused-ring (bicyclic) bond motifs is 3. The van der Waals surface area contributed by atoms with Crippen molar-refractivity contribution in [1.82, 2.24) is 9.80 Å². The molecule has 4 atom stereocenters. The van der Waals surface area contributed by atoms with E-state index in [4.69, 9.17) is 0 Å². The average molecular weight is 537 g/mol. The van der Waals surface area contributed by atoms with Crippen molar-refractivity contribution in [2.24, 2.45) is 11.8 Å². The first-order valence-corrected chi connectivity index (χ1v) is 13.9. The molecule has 2 aliphatic carbocycles. The van der Waals surface area contributed by atoms with Gasteiger partial charge in [0.25, 0.3) is 20.2 Å². The first-order chi connectivity index (χ1) is 16.0. The monoisotopic (exact) mass is 536 g/mol. The van der Waals surface area contributed by atoms with E-state index in [-0.39, 0.29) is 17.6 Å². The van der Waals surface area contributed by atoms with Crippen molar-refractivity contribution in [3.8, 4) is 0 Å². The van der Waals surface area contributed by atoms with Gasteiger partial charge in [-0.1, -0.05) is 26.0 Å². The number of piperazine rings is 3. The van der Waals surface area contributed by atoms with Crippen molar-refractivity contribution < 1.29 is 46.4 Å². The van der Waals surface area contributed by atoms with Gasteiger partial charge in [-0.3, -0.25) is 18.9 Å². The summed E-state index contributed by atoms with van der Waals surface area (Å²) in [4.78, 5) is -0.365. The fraction of sp³-hybridized carbons (Fsp3) is 0.619. The van der Waals surface area contributed by atoms with E-state index in [2.05, 4.69) is 9.80 Å². The fourth-order valence-electron chi connectivity index (χ4n) is 4.50. The largest absolute Gasteiger partial charge is 0.508 e. The molecule has 2 bridgehead atoms. The number of aliphatic hydroxyl groups excluding tert-OH is 2. The minimum atomic E-state index is -4.94. The zero-order valence-corrected chi connectivity index (χ0v) is 21.1. The molecule has 14 heteroatoms. The quantitative estimate of drug-likeness (QED) is 0.267. The molecule has 4 unspecified atom stereocenters. The molecule has 0 saturated carbocycles. The van der Waals surface area contributed by atoms with Crippen molar-refractivity contribution in [3.63, 3.8) is 0 Å². The van der Waals surface area contributed by atoms with Crippen LogP contribution in [0.5, 0.6) is 0 Å². The molecular formula is C21H32N2O10S2. The lowest BCUT2D eigenvalue weighted by atomic mass is 9.86. The number of nitrogens with zero attached hydrogens (tertiary/aromatic N) is 2. The van der Waals surface area contributed by atoms with E-state index in [1.54, 1.807) is 0 Å². The molecule has 0 aromatic heterocycles. The second kappa shape index (κ2) is 9.59. The Bertz CT molecular complexity index is 1080. The maximum absolute atomic E-state index is 11.4. The van der Waals surface area contributed by atoms with Crippen molar-refractivity contribution in [2.75, 3.05) is 39.3 Å². The van der Waals surface area contributed by atoms with Crippen molar-refractivity contribution in [2.45, 2.75) is 30.1 Å². The van der Waals surface area contributed by atoms with Crippen molar-refractivity contribution in [1.29, 1.82) is 0 Å². The summed E-state index contributed by atoms with van der Waals surface area (Å²) in [6, 6.07) is 0. The second-order valence-corrected chi connectivity index (χ2v) is 12.5. The number of hydrogen-bond acceptors (Lipinski definition) is 10. The van der Waals surface area contributed by atoms with Gasteiger partial charge in [-0.2, -0.15) is 16.8 Å². The fourth-order valence-corrected chi connectivity index (χ4v) is 6.09. The molecule has 6 N–H and O–H groups in total. The summed E-state index contributed by atoms with van der Waals surface area (Å²) in [5.74, 6) is -3.63. The summed E-state index contributed by atoms with van der Waals surface area (Å²) in [6.07, 6.45) is 3.26. The Balaban J connectivity index is 0.000000355. The molecule has 5 rings (SSSR count). The normalized spacial score (nSPS) is 37.3. The summed E-state index contributed by atoms with van der Waals surface area (Å²) in [5.41, 5.74) is 0.179. The molecule has 3 aliphatic heterocycles. The summed E-state index contributed by atoms with van der Waals surface area (Å²) in [6.45, 7) is 10.5. The molecule has 0 radical (unpaired) electrons. The number of hydrogen-bond donors (Lipinski definition) is 6. The molecule has 198 valence electrons. The van der Waals surface area contributed by atoms with E-state index >= 15 is 0 Å². The second-order valence-electron chi connectivity index (χ2n) is 9.33. The zero-order chi connectivity index (χ0) is 26.4. The van der Waals surface area contributed by atoms with Gasteiger partial charge in [0.1, 0.15) is 11.5 Å². The molecule has 3 heterocycles. The van der Waals surface area contributed by atoms with Crippen LogP contribution >= 0.6 is 0 Å². The number of rotatable bonds is 4. The smallest absolute Gasteiger partial charge is 0.299 e. The van der Waals surface area contributed by atoms with Gasteiger partial charge in [-0.15, -0.1) is 0 Å². The maximum Gasteiger partial charge on any atom is 0.299 e. The molecule has 0 amide bonds. The molecule has 3 fully saturated rings. The predicted molar refractivity (Wildman–Crippen MR) is 126 cm³/mol. The average Bonchev–Trinajstić information content (AvgIpc) is 2.76. The van der Waals surface area contributed by atoms with Gasteiger partial charge in [0.2, 0.25) is 9.87 Å². The van der Waals surface area contributed by atoms with Crippen LogP contribution < -0.4 is 0 Å². The third-order valence-electron chi connectivity index (χ3n) is 6.96. The summed E-state index contributed by atoms with van der Waals surface area (Å²) >= 11 is 0. The highest BCUT2D eigenvalue weighted by molar-refractivity contribution is 7.87. The Hall–Kier alpha value is -1.78. The van der Waals surface area contributed by atoms with E-state index in [0.717, 1.165) is 0 Å². The molecule has 0 spiro atoms. The van der Waals surface area contributed by atoms with Gasteiger partial charge in [0.05, 0.1) is 0 Å². The molecule has 0 aromatic carbocycles. The van der Waals surface area contributed by atoms with Gasteiger partial charge in [-0.25, -0.2) is 0 Å². The highest BCUT2D eigenvalue weighted by Gasteiger charge is 2.48. The van der Waals surface area contributed by atoms with E-state index in [1.807, 2.05) is 0 Å². The zero-order valence-electron chi connectivity index (χ0n) is 19.4. The van der Waals surface area contributed by atoms with Gasteiger partial charge >= 0.3 is 0 Å². The van der Waals surface area contributed by atoms with Crippen LogP contribution in [-0.4, -0.2) is 105 Å². The lowest BCUT2D eigenvalue weighted by Crippen LogP contribution is -2.55. The summed E-state index contributed by atoms with van der Waals surface area (Å²) < 4.78 is 63.8. The van der Waals surface area contributed by atoms with Crippen LogP contribution in [0.2, 0.25) is 0 Å². The van der Waals surface area contributed by atoms with Crippen molar-refractivity contribution in [3.05, 3.63) is 47.0 Å². The first-order valence-electron chi connectivity index (χ1n) is 11.1. The molecule has 5 aliphatic rings. The summed E-state index contributed by atoms with van der Waals surface area (Å²) in [7, 11) is -9.89. The van der Waals surface area contributed by atoms with E-state index < -0.39 is 53.5 Å². The molecule has 0 aromatic rings. The van der Waals surface area contributed by atoms with Crippen LogP contribution in [0, 0.1) is 11.8 Å². The van der Waals surface area contributed by atoms with Gasteiger partial charge in [0, 0.05) is 69.7 Å². The van der Waals surface area contributed by atoms with Gasteiger partial charge in [0.15, 0.2) is 0 Å². The van der Waals surface area contributed by atoms with Crippen LogP contribution in [0.25, 0.3) is 0 Å². The van der Waals surface area contributed by atoms with E-state index in [1.165, 1.54) is 65.3 Å². The summed E-state index contributed by atoms with van der Waals surface area (Å²) in [5, 5.41) is 40.3. The van der Waals surface area contributed by atoms with Crippen LogP contribution in [0.1, 0.15) is 20.3 Å². The Morgan fingerprint density at radius 3 is 1.26 bits per heavy atom. The molecule has 3 saturated heterocycles. The standard InChI is InChI=1S/C15H20O10S2.C6H12N2/c1-8-3-10(12(16)6-14(8,18)26(20,21)22)5-11-4-9(2)15(19,7-13(11)17)27(23,24)25;1-2-8-5-3-7(1)4-6-8/h3-4,6-9,16-19H,5H2,1-2H3,(H,20,21,22)(H,23,24,25);1-6H2. The van der Waals surface area contributed by atoms with Crippen LogP contribution in [-0.2, 0) is 20.2 Å². The Morgan fingerprint density at radius 2 is 1.03 bits per heavy atom. The third kappa shape index (κ3) is 5.49. The topological polar surface area (TPSA) is 196 Å². The van der Waals surface area contributed by atoms with Crippen LogP contribution in [0.15, 0.2) is 47.0 Å². The van der Waals surface area contributed by atoms with Gasteiger partial charge in [-0.05, 0) is 11.1 Å².